The molecule has 4 nitrogen and oxygen atoms in total. The van der Waals surface area contributed by atoms with Crippen LogP contribution in [-0.2, 0) is 6.18 Å². The van der Waals surface area contributed by atoms with Crippen molar-refractivity contribution < 1.29 is 18.0 Å². The molecule has 2 N–H and O–H groups in total. The van der Waals surface area contributed by atoms with E-state index in [-0.39, 0.29) is 17.4 Å². The number of alkyl halides is 3. The highest BCUT2D eigenvalue weighted by atomic mass is 19.4. The predicted molar refractivity (Wildman–Crippen MR) is 90.8 cm³/mol. The Balaban J connectivity index is 2.05. The summed E-state index contributed by atoms with van der Waals surface area (Å²) >= 11 is 0. The van der Waals surface area contributed by atoms with E-state index in [1.54, 1.807) is 0 Å². The Bertz CT molecular complexity index is 712. The van der Waals surface area contributed by atoms with Crippen LogP contribution in [0, 0.1) is 5.92 Å². The first-order chi connectivity index (χ1) is 11.8. The van der Waals surface area contributed by atoms with E-state index in [9.17, 15) is 18.0 Å². The largest absolute Gasteiger partial charge is 0.418 e. The molecule has 1 aromatic carbocycles. The van der Waals surface area contributed by atoms with Gasteiger partial charge in [-0.05, 0) is 36.6 Å². The van der Waals surface area contributed by atoms with Gasteiger partial charge in [-0.2, -0.15) is 13.2 Å². The standard InChI is InChI=1S/C18H20F3N3O/c1-12(2)9-10-22-17(25)13-7-8-16(23-11-13)24-15-6-4-3-5-14(15)18(19,20)21/h3-8,11-12H,9-10H2,1-2H3,(H,22,25)(H,23,24). The highest BCUT2D eigenvalue weighted by Gasteiger charge is 2.33. The molecule has 0 radical (unpaired) electrons. The number of aromatic nitrogens is 1. The van der Waals surface area contributed by atoms with Crippen LogP contribution in [0.15, 0.2) is 42.6 Å². The third-order valence-corrected chi connectivity index (χ3v) is 3.53. The third kappa shape index (κ3) is 5.48. The minimum Gasteiger partial charge on any atom is -0.352 e. The second kappa shape index (κ2) is 8.00. The fourth-order valence-electron chi connectivity index (χ4n) is 2.16. The number of nitrogens with zero attached hydrogens (tertiary/aromatic N) is 1. The summed E-state index contributed by atoms with van der Waals surface area (Å²) < 4.78 is 38.9. The van der Waals surface area contributed by atoms with Crippen LogP contribution >= 0.6 is 0 Å². The van der Waals surface area contributed by atoms with Crippen LogP contribution in [0.1, 0.15) is 36.2 Å². The molecule has 2 rings (SSSR count). The molecule has 0 aliphatic rings. The van der Waals surface area contributed by atoms with Gasteiger partial charge in [0, 0.05) is 12.7 Å². The van der Waals surface area contributed by atoms with E-state index in [0.29, 0.717) is 18.0 Å². The van der Waals surface area contributed by atoms with E-state index in [1.807, 2.05) is 0 Å². The number of pyridine rings is 1. The number of para-hydroxylation sites is 1. The number of hydrogen-bond donors (Lipinski definition) is 2. The Morgan fingerprint density at radius 1 is 1.16 bits per heavy atom. The molecule has 0 saturated heterocycles. The van der Waals surface area contributed by atoms with Gasteiger partial charge in [0.05, 0.1) is 16.8 Å². The van der Waals surface area contributed by atoms with Gasteiger partial charge in [0.25, 0.3) is 5.91 Å². The number of amides is 1. The first-order valence-electron chi connectivity index (χ1n) is 7.95. The highest BCUT2D eigenvalue weighted by Crippen LogP contribution is 2.35. The SMILES string of the molecule is CC(C)CCNC(=O)c1ccc(Nc2ccccc2C(F)(F)F)nc1. The smallest absolute Gasteiger partial charge is 0.352 e. The van der Waals surface area contributed by atoms with Gasteiger partial charge >= 0.3 is 6.18 Å². The van der Waals surface area contributed by atoms with E-state index in [0.717, 1.165) is 12.5 Å². The molecule has 134 valence electrons. The van der Waals surface area contributed by atoms with E-state index in [1.165, 1.54) is 36.5 Å². The van der Waals surface area contributed by atoms with Crippen LogP contribution in [0.2, 0.25) is 0 Å². The lowest BCUT2D eigenvalue weighted by Crippen LogP contribution is -2.25. The van der Waals surface area contributed by atoms with Crippen molar-refractivity contribution in [1.82, 2.24) is 10.3 Å². The summed E-state index contributed by atoms with van der Waals surface area (Å²) in [4.78, 5) is 16.0. The molecule has 1 heterocycles. The Morgan fingerprint density at radius 3 is 2.48 bits per heavy atom. The minimum absolute atomic E-state index is 0.0864. The van der Waals surface area contributed by atoms with E-state index >= 15 is 0 Å². The van der Waals surface area contributed by atoms with Crippen LogP contribution in [0.3, 0.4) is 0 Å². The van der Waals surface area contributed by atoms with E-state index in [2.05, 4.69) is 29.5 Å². The summed E-state index contributed by atoms with van der Waals surface area (Å²) in [6.07, 6.45) is -2.25. The molecule has 0 aliphatic heterocycles. The number of carbonyl (C=O) groups excluding carboxylic acids is 1. The van der Waals surface area contributed by atoms with Crippen molar-refractivity contribution in [3.8, 4) is 0 Å². The average molecular weight is 351 g/mol. The molecular formula is C18H20F3N3O. The van der Waals surface area contributed by atoms with Crippen LogP contribution in [0.4, 0.5) is 24.7 Å². The summed E-state index contributed by atoms with van der Waals surface area (Å²) in [5.41, 5.74) is -0.498. The lowest BCUT2D eigenvalue weighted by Gasteiger charge is -2.14. The summed E-state index contributed by atoms with van der Waals surface area (Å²) in [6.45, 7) is 4.69. The van der Waals surface area contributed by atoms with Crippen molar-refractivity contribution in [2.45, 2.75) is 26.4 Å². The van der Waals surface area contributed by atoms with Crippen LogP contribution in [0.5, 0.6) is 0 Å². The van der Waals surface area contributed by atoms with Crippen LogP contribution in [0.25, 0.3) is 0 Å². The Morgan fingerprint density at radius 2 is 1.88 bits per heavy atom. The highest BCUT2D eigenvalue weighted by molar-refractivity contribution is 5.94. The Kier molecular flexibility index (Phi) is 6.01. The van der Waals surface area contributed by atoms with Gasteiger partial charge in [-0.1, -0.05) is 26.0 Å². The first kappa shape index (κ1) is 18.8. The fourth-order valence-corrected chi connectivity index (χ4v) is 2.16. The number of carbonyl (C=O) groups is 1. The lowest BCUT2D eigenvalue weighted by atomic mass is 10.1. The van der Waals surface area contributed by atoms with Gasteiger partial charge in [0.15, 0.2) is 0 Å². The molecule has 0 aliphatic carbocycles. The third-order valence-electron chi connectivity index (χ3n) is 3.53. The second-order valence-electron chi connectivity index (χ2n) is 6.04. The zero-order valence-electron chi connectivity index (χ0n) is 14.0. The van der Waals surface area contributed by atoms with Crippen LogP contribution < -0.4 is 10.6 Å². The van der Waals surface area contributed by atoms with Gasteiger partial charge in [-0.15, -0.1) is 0 Å². The van der Waals surface area contributed by atoms with Crippen molar-refractivity contribution in [3.05, 3.63) is 53.7 Å². The number of anilines is 2. The topological polar surface area (TPSA) is 54.0 Å². The second-order valence-corrected chi connectivity index (χ2v) is 6.04. The van der Waals surface area contributed by atoms with Gasteiger partial charge in [-0.25, -0.2) is 4.98 Å². The van der Waals surface area contributed by atoms with Crippen molar-refractivity contribution in [1.29, 1.82) is 0 Å². The van der Waals surface area contributed by atoms with Crippen molar-refractivity contribution >= 4 is 17.4 Å². The average Bonchev–Trinajstić information content (AvgIpc) is 2.54. The maximum atomic E-state index is 13.0. The molecule has 1 amide bonds. The molecule has 2 aromatic rings. The summed E-state index contributed by atoms with van der Waals surface area (Å²) in [5, 5.41) is 5.42. The Labute approximate surface area is 144 Å². The lowest BCUT2D eigenvalue weighted by molar-refractivity contribution is -0.136. The molecule has 0 fully saturated rings. The summed E-state index contributed by atoms with van der Waals surface area (Å²) in [6, 6.07) is 8.16. The molecule has 0 bridgehead atoms. The molecule has 0 saturated carbocycles. The van der Waals surface area contributed by atoms with E-state index < -0.39 is 11.7 Å². The minimum atomic E-state index is -4.46. The fraction of sp³-hybridized carbons (Fsp3) is 0.333. The number of halogens is 3. The number of hydrogen-bond acceptors (Lipinski definition) is 3. The maximum Gasteiger partial charge on any atom is 0.418 e. The first-order valence-corrected chi connectivity index (χ1v) is 7.95. The van der Waals surface area contributed by atoms with E-state index in [4.69, 9.17) is 0 Å². The molecule has 0 spiro atoms. The number of rotatable bonds is 6. The maximum absolute atomic E-state index is 13.0. The van der Waals surface area contributed by atoms with Gasteiger partial charge in [0.2, 0.25) is 0 Å². The van der Waals surface area contributed by atoms with Gasteiger partial charge in [0.1, 0.15) is 5.82 Å². The molecule has 1 aromatic heterocycles. The quantitative estimate of drug-likeness (QED) is 0.798. The normalized spacial score (nSPS) is 11.4. The molecule has 25 heavy (non-hydrogen) atoms. The Hall–Kier alpha value is -2.57. The molecule has 0 atom stereocenters. The molecule has 0 unspecified atom stereocenters. The van der Waals surface area contributed by atoms with Gasteiger partial charge in [-0.3, -0.25) is 4.79 Å². The van der Waals surface area contributed by atoms with Crippen molar-refractivity contribution in [2.75, 3.05) is 11.9 Å². The summed E-state index contributed by atoms with van der Waals surface area (Å²) in [7, 11) is 0. The zero-order valence-corrected chi connectivity index (χ0v) is 14.0. The number of benzene rings is 1. The van der Waals surface area contributed by atoms with Crippen LogP contribution in [-0.4, -0.2) is 17.4 Å². The molecule has 7 heteroatoms. The van der Waals surface area contributed by atoms with Gasteiger partial charge < -0.3 is 10.6 Å². The van der Waals surface area contributed by atoms with Crippen molar-refractivity contribution in [3.63, 3.8) is 0 Å². The zero-order chi connectivity index (χ0) is 18.4. The monoisotopic (exact) mass is 351 g/mol. The molecular weight excluding hydrogens is 331 g/mol. The van der Waals surface area contributed by atoms with Crippen molar-refractivity contribution in [2.24, 2.45) is 5.92 Å². The summed E-state index contributed by atoms with van der Waals surface area (Å²) in [5.74, 6) is 0.463. The predicted octanol–water partition coefficient (Wildman–Crippen LogP) is 4.62. The number of nitrogens with one attached hydrogen (secondary N) is 2.